The van der Waals surface area contributed by atoms with Crippen LogP contribution in [0.1, 0.15) is 11.1 Å². The molecule has 2 aromatic carbocycles. The van der Waals surface area contributed by atoms with Gasteiger partial charge in [0.05, 0.1) is 12.1 Å². The van der Waals surface area contributed by atoms with Crippen LogP contribution in [-0.4, -0.2) is 21.9 Å². The van der Waals surface area contributed by atoms with Gasteiger partial charge in [-0.15, -0.1) is 0 Å². The van der Waals surface area contributed by atoms with Crippen molar-refractivity contribution in [3.8, 4) is 0 Å². The second-order valence-corrected chi connectivity index (χ2v) is 5.81. The largest absolute Gasteiger partial charge is 0.417 e. The van der Waals surface area contributed by atoms with Gasteiger partial charge in [-0.1, -0.05) is 42.5 Å². The van der Waals surface area contributed by atoms with Crippen LogP contribution >= 0.6 is 0 Å². The third-order valence-electron chi connectivity index (χ3n) is 3.79. The molecular weight excluding hydrogens is 355 g/mol. The van der Waals surface area contributed by atoms with Crippen LogP contribution < -0.4 is 5.32 Å². The summed E-state index contributed by atoms with van der Waals surface area (Å²) < 4.78 is 41.6. The second-order valence-electron chi connectivity index (χ2n) is 5.81. The maximum atomic E-state index is 13.3. The van der Waals surface area contributed by atoms with Crippen LogP contribution in [0.3, 0.4) is 0 Å². The van der Waals surface area contributed by atoms with Crippen molar-refractivity contribution in [1.82, 2.24) is 9.78 Å². The molecule has 1 aromatic heterocycles. The Morgan fingerprint density at radius 1 is 1.04 bits per heavy atom. The van der Waals surface area contributed by atoms with Gasteiger partial charge in [-0.3, -0.25) is 9.48 Å². The molecule has 0 spiro atoms. The van der Waals surface area contributed by atoms with E-state index in [0.717, 1.165) is 5.56 Å². The van der Waals surface area contributed by atoms with Gasteiger partial charge < -0.3 is 5.32 Å². The lowest BCUT2D eigenvalue weighted by Crippen LogP contribution is -2.16. The van der Waals surface area contributed by atoms with E-state index in [1.807, 2.05) is 12.3 Å². The molecule has 0 saturated carbocycles. The molecule has 138 valence electrons. The Balaban J connectivity index is 1.72. The van der Waals surface area contributed by atoms with Crippen LogP contribution in [0.25, 0.3) is 5.57 Å². The summed E-state index contributed by atoms with van der Waals surface area (Å²) in [4.78, 5) is 12.1. The van der Waals surface area contributed by atoms with E-state index >= 15 is 0 Å². The van der Waals surface area contributed by atoms with Gasteiger partial charge in [0.2, 0.25) is 5.91 Å². The van der Waals surface area contributed by atoms with E-state index in [4.69, 9.17) is 0 Å². The maximum absolute atomic E-state index is 13.3. The van der Waals surface area contributed by atoms with Gasteiger partial charge in [0.15, 0.2) is 0 Å². The fourth-order valence-electron chi connectivity index (χ4n) is 2.53. The highest BCUT2D eigenvalue weighted by Crippen LogP contribution is 2.33. The molecule has 0 atom stereocenters. The molecular formula is C20H16F3N3O. The molecule has 0 bridgehead atoms. The second kappa shape index (κ2) is 7.90. The quantitative estimate of drug-likeness (QED) is 0.671. The zero-order chi connectivity index (χ0) is 19.3. The molecule has 3 aromatic rings. The van der Waals surface area contributed by atoms with Gasteiger partial charge in [0.1, 0.15) is 0 Å². The number of carbonyl (C=O) groups excluding carboxylic acids is 1. The van der Waals surface area contributed by atoms with E-state index in [0.29, 0.717) is 18.3 Å². The average Bonchev–Trinajstić information content (AvgIpc) is 3.14. The Bertz CT molecular complexity index is 915. The van der Waals surface area contributed by atoms with Gasteiger partial charge in [-0.2, -0.15) is 18.3 Å². The highest BCUT2D eigenvalue weighted by Gasteiger charge is 2.35. The first kappa shape index (κ1) is 18.4. The summed E-state index contributed by atoms with van der Waals surface area (Å²) in [7, 11) is 0. The van der Waals surface area contributed by atoms with Crippen LogP contribution in [0, 0.1) is 0 Å². The number of alkyl halides is 3. The van der Waals surface area contributed by atoms with E-state index < -0.39 is 17.7 Å². The summed E-state index contributed by atoms with van der Waals surface area (Å²) in [5.74, 6) is -0.842. The summed E-state index contributed by atoms with van der Waals surface area (Å²) in [5, 5.41) is 6.56. The van der Waals surface area contributed by atoms with E-state index in [-0.39, 0.29) is 5.56 Å². The number of nitrogens with one attached hydrogen (secondary N) is 1. The van der Waals surface area contributed by atoms with Crippen LogP contribution in [0.5, 0.6) is 0 Å². The van der Waals surface area contributed by atoms with E-state index in [1.165, 1.54) is 24.3 Å². The number of aromatic nitrogens is 2. The number of carbonyl (C=O) groups is 1. The standard InChI is InChI=1S/C20H16F3N3O/c21-20(22,23)18(16-5-2-1-3-6-16)13-19(27)25-17-9-7-15(8-10-17)14-26-12-4-11-24-26/h1-13H,14H2,(H,25,27)/b18-13+. The molecule has 7 heteroatoms. The molecule has 1 heterocycles. The third-order valence-corrected chi connectivity index (χ3v) is 3.79. The lowest BCUT2D eigenvalue weighted by Gasteiger charge is -2.12. The van der Waals surface area contributed by atoms with Crippen molar-refractivity contribution in [3.63, 3.8) is 0 Å². The lowest BCUT2D eigenvalue weighted by molar-refractivity contribution is -0.112. The molecule has 1 amide bonds. The molecule has 4 nitrogen and oxygen atoms in total. The fraction of sp³-hybridized carbons (Fsp3) is 0.100. The molecule has 0 unspecified atom stereocenters. The predicted molar refractivity (Wildman–Crippen MR) is 96.9 cm³/mol. The van der Waals surface area contributed by atoms with Crippen LogP contribution in [0.2, 0.25) is 0 Å². The number of hydrogen-bond donors (Lipinski definition) is 1. The smallest absolute Gasteiger partial charge is 0.323 e. The number of halogens is 3. The predicted octanol–water partition coefficient (Wildman–Crippen LogP) is 4.52. The van der Waals surface area contributed by atoms with E-state index in [2.05, 4.69) is 10.4 Å². The highest BCUT2D eigenvalue weighted by molar-refractivity contribution is 6.04. The summed E-state index contributed by atoms with van der Waals surface area (Å²) in [6.07, 6.45) is -0.562. The van der Waals surface area contributed by atoms with Crippen LogP contribution in [-0.2, 0) is 11.3 Å². The Hall–Kier alpha value is -3.35. The molecule has 27 heavy (non-hydrogen) atoms. The number of allylic oxidation sites excluding steroid dienone is 1. The van der Waals surface area contributed by atoms with Gasteiger partial charge in [0, 0.05) is 24.2 Å². The monoisotopic (exact) mass is 371 g/mol. The van der Waals surface area contributed by atoms with Crippen molar-refractivity contribution >= 4 is 17.2 Å². The number of hydrogen-bond acceptors (Lipinski definition) is 2. The SMILES string of the molecule is O=C(/C=C(\c1ccccc1)C(F)(F)F)Nc1ccc(Cn2cccn2)cc1. The van der Waals surface area contributed by atoms with Gasteiger partial charge in [-0.25, -0.2) is 0 Å². The Morgan fingerprint density at radius 3 is 2.33 bits per heavy atom. The molecule has 3 rings (SSSR count). The van der Waals surface area contributed by atoms with Crippen molar-refractivity contribution in [1.29, 1.82) is 0 Å². The normalized spacial score (nSPS) is 12.0. The minimum absolute atomic E-state index is 0.0604. The van der Waals surface area contributed by atoms with Gasteiger partial charge in [-0.05, 0) is 29.3 Å². The van der Waals surface area contributed by atoms with Gasteiger partial charge >= 0.3 is 6.18 Å². The molecule has 0 aliphatic carbocycles. The topological polar surface area (TPSA) is 46.9 Å². The van der Waals surface area contributed by atoms with E-state index in [1.54, 1.807) is 41.2 Å². The molecule has 1 N–H and O–H groups in total. The summed E-state index contributed by atoms with van der Waals surface area (Å²) >= 11 is 0. The molecule has 0 fully saturated rings. The lowest BCUT2D eigenvalue weighted by atomic mass is 10.1. The van der Waals surface area contributed by atoms with Gasteiger partial charge in [0.25, 0.3) is 0 Å². The molecule has 0 radical (unpaired) electrons. The van der Waals surface area contributed by atoms with Crippen molar-refractivity contribution in [2.75, 3.05) is 5.32 Å². The number of anilines is 1. The minimum Gasteiger partial charge on any atom is -0.323 e. The van der Waals surface area contributed by atoms with Crippen molar-refractivity contribution < 1.29 is 18.0 Å². The maximum Gasteiger partial charge on any atom is 0.417 e. The first-order chi connectivity index (χ1) is 12.9. The zero-order valence-electron chi connectivity index (χ0n) is 14.1. The number of rotatable bonds is 5. The summed E-state index contributed by atoms with van der Waals surface area (Å²) in [5.41, 5.74) is 0.313. The number of amides is 1. The molecule has 0 aliphatic rings. The Labute approximate surface area is 153 Å². The van der Waals surface area contributed by atoms with Crippen molar-refractivity contribution in [3.05, 3.63) is 90.3 Å². The van der Waals surface area contributed by atoms with E-state index in [9.17, 15) is 18.0 Å². The average molecular weight is 371 g/mol. The van der Waals surface area contributed by atoms with Crippen LogP contribution in [0.4, 0.5) is 18.9 Å². The van der Waals surface area contributed by atoms with Crippen molar-refractivity contribution in [2.24, 2.45) is 0 Å². The molecule has 0 aliphatic heterocycles. The van der Waals surface area contributed by atoms with Crippen LogP contribution in [0.15, 0.2) is 79.1 Å². The zero-order valence-corrected chi connectivity index (χ0v) is 14.1. The number of benzene rings is 2. The fourth-order valence-corrected chi connectivity index (χ4v) is 2.53. The van der Waals surface area contributed by atoms with Crippen molar-refractivity contribution in [2.45, 2.75) is 12.7 Å². The minimum atomic E-state index is -4.63. The first-order valence-corrected chi connectivity index (χ1v) is 8.13. The first-order valence-electron chi connectivity index (χ1n) is 8.13. The number of nitrogens with zero attached hydrogens (tertiary/aromatic N) is 2. The summed E-state index contributed by atoms with van der Waals surface area (Å²) in [6, 6.07) is 15.9. The Morgan fingerprint density at radius 2 is 1.74 bits per heavy atom. The molecule has 0 saturated heterocycles. The Kier molecular flexibility index (Phi) is 5.40. The summed E-state index contributed by atoms with van der Waals surface area (Å²) in [6.45, 7) is 0.563. The highest BCUT2D eigenvalue weighted by atomic mass is 19.4. The third kappa shape index (κ3) is 5.07.